The van der Waals surface area contributed by atoms with Gasteiger partial charge in [0.2, 0.25) is 11.8 Å². The summed E-state index contributed by atoms with van der Waals surface area (Å²) in [5.74, 6) is -0.305. The zero-order valence-electron chi connectivity index (χ0n) is 16.3. The topological polar surface area (TPSA) is 49.4 Å². The molecule has 0 spiro atoms. The Morgan fingerprint density at radius 3 is 2.21 bits per heavy atom. The second-order valence-electron chi connectivity index (χ2n) is 6.52. The molecule has 6 heteroatoms. The van der Waals surface area contributed by atoms with E-state index in [1.807, 2.05) is 44.2 Å². The Hall–Kier alpha value is -2.04. The Balaban J connectivity index is 2.24. The lowest BCUT2D eigenvalue weighted by atomic mass is 10.1. The van der Waals surface area contributed by atoms with Gasteiger partial charge in [-0.05, 0) is 43.0 Å². The maximum atomic E-state index is 13.2. The molecule has 0 aliphatic heterocycles. The maximum absolute atomic E-state index is 13.2. The van der Waals surface area contributed by atoms with E-state index in [2.05, 4.69) is 5.32 Å². The quantitative estimate of drug-likeness (QED) is 0.647. The molecule has 0 aliphatic carbocycles. The van der Waals surface area contributed by atoms with Crippen LogP contribution in [0.25, 0.3) is 0 Å². The van der Waals surface area contributed by atoms with Gasteiger partial charge in [-0.15, -0.1) is 0 Å². The van der Waals surface area contributed by atoms with Crippen LogP contribution in [0, 0.1) is 0 Å². The van der Waals surface area contributed by atoms with Gasteiger partial charge in [0.1, 0.15) is 6.04 Å². The molecule has 2 rings (SSSR count). The minimum atomic E-state index is -0.530. The lowest BCUT2D eigenvalue weighted by Gasteiger charge is -2.31. The molecule has 0 heterocycles. The van der Waals surface area contributed by atoms with Gasteiger partial charge >= 0.3 is 0 Å². The fourth-order valence-corrected chi connectivity index (χ4v) is 3.67. The third-order valence-electron chi connectivity index (χ3n) is 4.61. The highest BCUT2D eigenvalue weighted by Crippen LogP contribution is 2.25. The Morgan fingerprint density at radius 1 is 1.00 bits per heavy atom. The smallest absolute Gasteiger partial charge is 0.242 e. The molecular weight excluding hydrogens is 395 g/mol. The second-order valence-corrected chi connectivity index (χ2v) is 7.33. The van der Waals surface area contributed by atoms with Gasteiger partial charge in [0.05, 0.1) is 6.42 Å². The zero-order chi connectivity index (χ0) is 20.5. The van der Waals surface area contributed by atoms with Crippen molar-refractivity contribution in [3.05, 3.63) is 69.7 Å². The van der Waals surface area contributed by atoms with Crippen LogP contribution in [0.15, 0.2) is 48.5 Å². The van der Waals surface area contributed by atoms with E-state index >= 15 is 0 Å². The lowest BCUT2D eigenvalue weighted by Crippen LogP contribution is -2.50. The summed E-state index contributed by atoms with van der Waals surface area (Å²) in [6, 6.07) is 14.6. The van der Waals surface area contributed by atoms with Crippen molar-refractivity contribution in [2.45, 2.75) is 39.2 Å². The minimum Gasteiger partial charge on any atom is -0.355 e. The average molecular weight is 421 g/mol. The standard InChI is InChI=1S/C22H26Cl2N2O2/c1-3-20(22(28)25-4-2)26(14-13-16-9-6-5-7-10-16)21(27)15-17-18(23)11-8-12-19(17)24/h5-12,20H,3-4,13-15H2,1-2H3,(H,25,28)/t20-/m1/s1. The van der Waals surface area contributed by atoms with Crippen LogP contribution in [-0.2, 0) is 22.4 Å². The highest BCUT2D eigenvalue weighted by atomic mass is 35.5. The monoisotopic (exact) mass is 420 g/mol. The first-order valence-electron chi connectivity index (χ1n) is 9.51. The predicted molar refractivity (Wildman–Crippen MR) is 115 cm³/mol. The molecule has 150 valence electrons. The summed E-state index contributed by atoms with van der Waals surface area (Å²) in [7, 11) is 0. The molecule has 4 nitrogen and oxygen atoms in total. The van der Waals surface area contributed by atoms with Gasteiger partial charge < -0.3 is 10.2 Å². The van der Waals surface area contributed by atoms with E-state index in [0.29, 0.717) is 41.5 Å². The highest BCUT2D eigenvalue weighted by molar-refractivity contribution is 6.36. The molecule has 1 N–H and O–H groups in total. The second kappa shape index (κ2) is 11.1. The number of likely N-dealkylation sites (N-methyl/N-ethyl adjacent to an activating group) is 1. The van der Waals surface area contributed by atoms with Crippen molar-refractivity contribution in [2.24, 2.45) is 0 Å². The van der Waals surface area contributed by atoms with Gasteiger partial charge in [-0.1, -0.05) is 66.5 Å². The third kappa shape index (κ3) is 5.98. The van der Waals surface area contributed by atoms with Crippen LogP contribution >= 0.6 is 23.2 Å². The van der Waals surface area contributed by atoms with Gasteiger partial charge in [-0.2, -0.15) is 0 Å². The van der Waals surface area contributed by atoms with E-state index < -0.39 is 6.04 Å². The van der Waals surface area contributed by atoms with Crippen LogP contribution in [0.5, 0.6) is 0 Å². The summed E-state index contributed by atoms with van der Waals surface area (Å²) in [5.41, 5.74) is 1.70. The Morgan fingerprint density at radius 2 is 1.64 bits per heavy atom. The fourth-order valence-electron chi connectivity index (χ4n) is 3.14. The first-order chi connectivity index (χ1) is 13.5. The minimum absolute atomic E-state index is 0.0587. The number of hydrogen-bond donors (Lipinski definition) is 1. The Kier molecular flexibility index (Phi) is 8.81. The highest BCUT2D eigenvalue weighted by Gasteiger charge is 2.28. The number of carbonyl (C=O) groups excluding carboxylic acids is 2. The van der Waals surface area contributed by atoms with Crippen molar-refractivity contribution in [1.29, 1.82) is 0 Å². The van der Waals surface area contributed by atoms with Crippen molar-refractivity contribution in [2.75, 3.05) is 13.1 Å². The van der Waals surface area contributed by atoms with Crippen molar-refractivity contribution >= 4 is 35.0 Å². The molecule has 2 amide bonds. The van der Waals surface area contributed by atoms with Gasteiger partial charge in [0.25, 0.3) is 0 Å². The van der Waals surface area contributed by atoms with E-state index in [0.717, 1.165) is 5.56 Å². The molecule has 0 saturated carbocycles. The summed E-state index contributed by atoms with van der Waals surface area (Å²) in [5, 5.41) is 3.74. The van der Waals surface area contributed by atoms with Crippen molar-refractivity contribution in [3.63, 3.8) is 0 Å². The predicted octanol–water partition coefficient (Wildman–Crippen LogP) is 4.52. The third-order valence-corrected chi connectivity index (χ3v) is 5.32. The summed E-state index contributed by atoms with van der Waals surface area (Å²) in [6.45, 7) is 4.74. The SMILES string of the molecule is CCNC(=O)[C@@H](CC)N(CCc1ccccc1)C(=O)Cc1c(Cl)cccc1Cl. The van der Waals surface area contributed by atoms with Crippen LogP contribution in [0.3, 0.4) is 0 Å². The summed E-state index contributed by atoms with van der Waals surface area (Å²) in [6.07, 6.45) is 1.25. The normalized spacial score (nSPS) is 11.7. The molecule has 28 heavy (non-hydrogen) atoms. The molecule has 0 aromatic heterocycles. The molecule has 0 aliphatic rings. The van der Waals surface area contributed by atoms with Gasteiger partial charge in [-0.3, -0.25) is 9.59 Å². The molecular formula is C22H26Cl2N2O2. The van der Waals surface area contributed by atoms with Gasteiger partial charge in [0, 0.05) is 23.1 Å². The van der Waals surface area contributed by atoms with Crippen molar-refractivity contribution < 1.29 is 9.59 Å². The molecule has 0 radical (unpaired) electrons. The Bertz CT molecular complexity index is 776. The molecule has 1 atom stereocenters. The summed E-state index contributed by atoms with van der Waals surface area (Å²) in [4.78, 5) is 27.4. The van der Waals surface area contributed by atoms with Crippen LogP contribution in [0.2, 0.25) is 10.0 Å². The van der Waals surface area contributed by atoms with E-state index in [-0.39, 0.29) is 18.2 Å². The number of carbonyl (C=O) groups is 2. The van der Waals surface area contributed by atoms with Crippen molar-refractivity contribution in [3.8, 4) is 0 Å². The molecule has 2 aromatic rings. The van der Waals surface area contributed by atoms with E-state index in [9.17, 15) is 9.59 Å². The number of rotatable bonds is 9. The number of benzene rings is 2. The molecule has 0 bridgehead atoms. The van der Waals surface area contributed by atoms with E-state index in [1.165, 1.54) is 0 Å². The van der Waals surface area contributed by atoms with Crippen molar-refractivity contribution in [1.82, 2.24) is 10.2 Å². The number of halogens is 2. The van der Waals surface area contributed by atoms with Gasteiger partial charge in [-0.25, -0.2) is 0 Å². The fraction of sp³-hybridized carbons (Fsp3) is 0.364. The molecule has 0 unspecified atom stereocenters. The number of nitrogens with zero attached hydrogens (tertiary/aromatic N) is 1. The summed E-state index contributed by atoms with van der Waals surface area (Å²) < 4.78 is 0. The maximum Gasteiger partial charge on any atom is 0.242 e. The first-order valence-corrected chi connectivity index (χ1v) is 10.3. The van der Waals surface area contributed by atoms with E-state index in [1.54, 1.807) is 23.1 Å². The van der Waals surface area contributed by atoms with Crippen LogP contribution in [0.4, 0.5) is 0 Å². The Labute approximate surface area is 176 Å². The van der Waals surface area contributed by atoms with E-state index in [4.69, 9.17) is 23.2 Å². The largest absolute Gasteiger partial charge is 0.355 e. The van der Waals surface area contributed by atoms with Gasteiger partial charge in [0.15, 0.2) is 0 Å². The number of amides is 2. The zero-order valence-corrected chi connectivity index (χ0v) is 17.8. The van der Waals surface area contributed by atoms with Crippen LogP contribution < -0.4 is 5.32 Å². The average Bonchev–Trinajstić information content (AvgIpc) is 2.68. The number of hydrogen-bond acceptors (Lipinski definition) is 2. The molecule has 0 fully saturated rings. The lowest BCUT2D eigenvalue weighted by molar-refractivity contribution is -0.140. The van der Waals surface area contributed by atoms with Crippen LogP contribution in [-0.4, -0.2) is 35.8 Å². The van der Waals surface area contributed by atoms with Crippen LogP contribution in [0.1, 0.15) is 31.4 Å². The molecule has 0 saturated heterocycles. The summed E-state index contributed by atoms with van der Waals surface area (Å²) >= 11 is 12.5. The first kappa shape index (κ1) is 22.3. The molecule has 2 aromatic carbocycles. The number of nitrogens with one attached hydrogen (secondary N) is 1.